The first kappa shape index (κ1) is 14.8. The van der Waals surface area contributed by atoms with Gasteiger partial charge in [-0.2, -0.15) is 5.10 Å². The first-order valence-corrected chi connectivity index (χ1v) is 6.79. The van der Waals surface area contributed by atoms with Crippen molar-refractivity contribution in [3.63, 3.8) is 0 Å². The van der Waals surface area contributed by atoms with Crippen LogP contribution >= 0.6 is 0 Å². The highest BCUT2D eigenvalue weighted by atomic mass is 16.1. The topological polar surface area (TPSA) is 38.1 Å². The molecule has 0 N–H and O–H groups in total. The van der Waals surface area contributed by atoms with Gasteiger partial charge in [-0.25, -0.2) is 4.68 Å². The average molecular weight is 281 g/mol. The number of aryl methyl sites for hydroxylation is 1. The van der Waals surface area contributed by atoms with Gasteiger partial charge in [-0.15, -0.1) is 13.2 Å². The largest absolute Gasteiger partial charge is 0.348 e. The van der Waals surface area contributed by atoms with E-state index in [1.54, 1.807) is 16.8 Å². The summed E-state index contributed by atoms with van der Waals surface area (Å²) in [4.78, 5) is 13.5. The van der Waals surface area contributed by atoms with Crippen molar-refractivity contribution in [2.24, 2.45) is 0 Å². The Kier molecular flexibility index (Phi) is 4.72. The van der Waals surface area contributed by atoms with E-state index in [0.29, 0.717) is 24.3 Å². The van der Waals surface area contributed by atoms with Crippen molar-refractivity contribution in [3.8, 4) is 5.69 Å². The first-order chi connectivity index (χ1) is 10.2. The van der Waals surface area contributed by atoms with Crippen molar-refractivity contribution < 1.29 is 4.79 Å². The van der Waals surface area contributed by atoms with Crippen LogP contribution in [0.25, 0.3) is 5.69 Å². The second-order valence-corrected chi connectivity index (χ2v) is 4.67. The van der Waals surface area contributed by atoms with Gasteiger partial charge in [-0.05, 0) is 19.1 Å². The van der Waals surface area contributed by atoms with Gasteiger partial charge in [0.2, 0.25) is 0 Å². The van der Waals surface area contributed by atoms with E-state index in [9.17, 15) is 4.79 Å². The number of hydrogen-bond acceptors (Lipinski definition) is 3. The molecule has 0 aliphatic heterocycles. The molecular weight excluding hydrogens is 262 g/mol. The SMILES string of the molecule is C=CCN(CC=C)c1c(C=O)c(C)nn1-c1ccccc1. The lowest BCUT2D eigenvalue weighted by atomic mass is 10.2. The van der Waals surface area contributed by atoms with Crippen LogP contribution in [0.5, 0.6) is 0 Å². The molecule has 0 amide bonds. The highest BCUT2D eigenvalue weighted by Crippen LogP contribution is 2.26. The number of hydrogen-bond donors (Lipinski definition) is 0. The average Bonchev–Trinajstić information content (AvgIpc) is 2.84. The lowest BCUT2D eigenvalue weighted by Crippen LogP contribution is -2.26. The zero-order chi connectivity index (χ0) is 15.2. The summed E-state index contributed by atoms with van der Waals surface area (Å²) in [6, 6.07) is 9.77. The molecule has 0 saturated carbocycles. The van der Waals surface area contributed by atoms with Crippen molar-refractivity contribution in [3.05, 3.63) is 66.9 Å². The van der Waals surface area contributed by atoms with Gasteiger partial charge >= 0.3 is 0 Å². The van der Waals surface area contributed by atoms with Gasteiger partial charge in [0, 0.05) is 13.1 Å². The maximum Gasteiger partial charge on any atom is 0.155 e. The molecular formula is C17H19N3O. The zero-order valence-electron chi connectivity index (χ0n) is 12.2. The monoisotopic (exact) mass is 281 g/mol. The molecule has 4 heteroatoms. The zero-order valence-corrected chi connectivity index (χ0v) is 12.2. The van der Waals surface area contributed by atoms with Gasteiger partial charge in [0.1, 0.15) is 5.82 Å². The van der Waals surface area contributed by atoms with Crippen LogP contribution < -0.4 is 4.90 Å². The Bertz CT molecular complexity index is 634. The predicted octanol–water partition coefficient (Wildman–Crippen LogP) is 3.17. The van der Waals surface area contributed by atoms with E-state index in [1.165, 1.54) is 0 Å². The number of rotatable bonds is 7. The third-order valence-electron chi connectivity index (χ3n) is 3.20. The molecule has 0 saturated heterocycles. The normalized spacial score (nSPS) is 10.1. The second-order valence-electron chi connectivity index (χ2n) is 4.67. The van der Waals surface area contributed by atoms with Crippen molar-refractivity contribution in [2.75, 3.05) is 18.0 Å². The van der Waals surface area contributed by atoms with Crippen molar-refractivity contribution in [1.82, 2.24) is 9.78 Å². The Balaban J connectivity index is 2.63. The van der Waals surface area contributed by atoms with E-state index in [2.05, 4.69) is 18.3 Å². The number of benzene rings is 1. The van der Waals surface area contributed by atoms with Crippen LogP contribution in [0.2, 0.25) is 0 Å². The smallest absolute Gasteiger partial charge is 0.155 e. The molecule has 1 aromatic heterocycles. The molecule has 0 atom stereocenters. The van der Waals surface area contributed by atoms with Gasteiger partial charge in [0.05, 0.1) is 16.9 Å². The fourth-order valence-electron chi connectivity index (χ4n) is 2.28. The Hall–Kier alpha value is -2.62. The molecule has 2 rings (SSSR count). The quantitative estimate of drug-likeness (QED) is 0.578. The summed E-state index contributed by atoms with van der Waals surface area (Å²) in [5, 5.41) is 4.51. The molecule has 0 aliphatic carbocycles. The molecule has 0 spiro atoms. The van der Waals surface area contributed by atoms with Gasteiger partial charge in [0.25, 0.3) is 0 Å². The first-order valence-electron chi connectivity index (χ1n) is 6.79. The lowest BCUT2D eigenvalue weighted by molar-refractivity contribution is 0.112. The Labute approximate surface area is 125 Å². The Morgan fingerprint density at radius 3 is 2.33 bits per heavy atom. The molecule has 0 radical (unpaired) electrons. The summed E-state index contributed by atoms with van der Waals surface area (Å²) < 4.78 is 1.80. The van der Waals surface area contributed by atoms with E-state index in [-0.39, 0.29) is 0 Å². The van der Waals surface area contributed by atoms with E-state index in [0.717, 1.165) is 17.8 Å². The summed E-state index contributed by atoms with van der Waals surface area (Å²) in [6.07, 6.45) is 4.46. The maximum atomic E-state index is 11.5. The summed E-state index contributed by atoms with van der Waals surface area (Å²) in [5.41, 5.74) is 2.23. The summed E-state index contributed by atoms with van der Waals surface area (Å²) in [6.45, 7) is 10.6. The molecule has 4 nitrogen and oxygen atoms in total. The van der Waals surface area contributed by atoms with Gasteiger partial charge in [0.15, 0.2) is 6.29 Å². The summed E-state index contributed by atoms with van der Waals surface area (Å²) in [7, 11) is 0. The van der Waals surface area contributed by atoms with Crippen LogP contribution in [0, 0.1) is 6.92 Å². The molecule has 1 aromatic carbocycles. The number of nitrogens with zero attached hydrogens (tertiary/aromatic N) is 3. The number of carbonyl (C=O) groups is 1. The molecule has 1 heterocycles. The summed E-state index contributed by atoms with van der Waals surface area (Å²) >= 11 is 0. The molecule has 0 unspecified atom stereocenters. The molecule has 0 bridgehead atoms. The Morgan fingerprint density at radius 1 is 1.19 bits per heavy atom. The van der Waals surface area contributed by atoms with E-state index < -0.39 is 0 Å². The van der Waals surface area contributed by atoms with Crippen LogP contribution in [-0.4, -0.2) is 29.2 Å². The van der Waals surface area contributed by atoms with E-state index >= 15 is 0 Å². The summed E-state index contributed by atoms with van der Waals surface area (Å²) in [5.74, 6) is 0.772. The molecule has 2 aromatic rings. The highest BCUT2D eigenvalue weighted by Gasteiger charge is 2.20. The third kappa shape index (κ3) is 2.94. The molecule has 21 heavy (non-hydrogen) atoms. The molecule has 0 fully saturated rings. The number of aromatic nitrogens is 2. The fraction of sp³-hybridized carbons (Fsp3) is 0.176. The number of anilines is 1. The fourth-order valence-corrected chi connectivity index (χ4v) is 2.28. The Morgan fingerprint density at radius 2 is 1.81 bits per heavy atom. The second kappa shape index (κ2) is 6.70. The van der Waals surface area contributed by atoms with E-state index in [1.807, 2.05) is 42.2 Å². The predicted molar refractivity (Wildman–Crippen MR) is 86.3 cm³/mol. The minimum absolute atomic E-state index is 0.600. The minimum atomic E-state index is 0.600. The van der Waals surface area contributed by atoms with Gasteiger partial charge in [-0.1, -0.05) is 30.4 Å². The van der Waals surface area contributed by atoms with Crippen LogP contribution in [0.15, 0.2) is 55.6 Å². The third-order valence-corrected chi connectivity index (χ3v) is 3.20. The number of para-hydroxylation sites is 1. The standard InChI is InChI=1S/C17H19N3O/c1-4-11-19(12-5-2)17-16(13-21)14(3)18-20(17)15-9-7-6-8-10-15/h4-10,13H,1-2,11-12H2,3H3. The van der Waals surface area contributed by atoms with Crippen LogP contribution in [-0.2, 0) is 0 Å². The maximum absolute atomic E-state index is 11.5. The van der Waals surface area contributed by atoms with Gasteiger partial charge in [-0.3, -0.25) is 4.79 Å². The van der Waals surface area contributed by atoms with Crippen molar-refractivity contribution >= 4 is 12.1 Å². The number of carbonyl (C=O) groups excluding carboxylic acids is 1. The molecule has 0 aliphatic rings. The van der Waals surface area contributed by atoms with Crippen LogP contribution in [0.1, 0.15) is 16.1 Å². The van der Waals surface area contributed by atoms with E-state index in [4.69, 9.17) is 0 Å². The lowest BCUT2D eigenvalue weighted by Gasteiger charge is -2.23. The number of aldehydes is 1. The molecule has 108 valence electrons. The van der Waals surface area contributed by atoms with Crippen LogP contribution in [0.3, 0.4) is 0 Å². The van der Waals surface area contributed by atoms with Crippen molar-refractivity contribution in [2.45, 2.75) is 6.92 Å². The minimum Gasteiger partial charge on any atom is -0.348 e. The highest BCUT2D eigenvalue weighted by molar-refractivity contribution is 5.85. The van der Waals surface area contributed by atoms with Crippen LogP contribution in [0.4, 0.5) is 5.82 Å². The van der Waals surface area contributed by atoms with Gasteiger partial charge < -0.3 is 4.90 Å². The van der Waals surface area contributed by atoms with Crippen molar-refractivity contribution in [1.29, 1.82) is 0 Å².